The van der Waals surface area contributed by atoms with Crippen molar-refractivity contribution in [3.8, 4) is 5.75 Å². The minimum absolute atomic E-state index is 0.407. The van der Waals surface area contributed by atoms with E-state index < -0.39 is 18.0 Å². The van der Waals surface area contributed by atoms with Crippen LogP contribution in [-0.2, 0) is 9.53 Å². The molecule has 0 spiro atoms. The van der Waals surface area contributed by atoms with Gasteiger partial charge in [-0.15, -0.1) is 0 Å². The Balaban J connectivity index is 1.66. The number of anilines is 1. The van der Waals surface area contributed by atoms with E-state index in [4.69, 9.17) is 9.47 Å². The summed E-state index contributed by atoms with van der Waals surface area (Å²) in [5, 5.41) is 4.68. The van der Waals surface area contributed by atoms with Gasteiger partial charge in [0.15, 0.2) is 6.10 Å². The molecule has 0 aliphatic heterocycles. The largest absolute Gasteiger partial charge is 0.497 e. The molecule has 0 saturated heterocycles. The molecule has 1 N–H and O–H groups in total. The summed E-state index contributed by atoms with van der Waals surface area (Å²) in [5.41, 5.74) is 0.979. The Kier molecular flexibility index (Phi) is 5.17. The van der Waals surface area contributed by atoms with E-state index in [-0.39, 0.29) is 0 Å². The first kappa shape index (κ1) is 17.5. The number of carbonyl (C=O) groups is 2. The number of ether oxygens (including phenoxy) is 2. The number of fused-ring (bicyclic) bond motifs is 1. The van der Waals surface area contributed by atoms with Gasteiger partial charge in [-0.25, -0.2) is 4.79 Å². The number of hydrogen-bond acceptors (Lipinski definition) is 4. The highest BCUT2D eigenvalue weighted by Gasteiger charge is 2.19. The maximum atomic E-state index is 12.3. The number of esters is 1. The Hall–Kier alpha value is -3.34. The van der Waals surface area contributed by atoms with Crippen molar-refractivity contribution in [2.45, 2.75) is 13.0 Å². The average molecular weight is 349 g/mol. The minimum atomic E-state index is -0.930. The van der Waals surface area contributed by atoms with Crippen LogP contribution in [-0.4, -0.2) is 25.1 Å². The maximum absolute atomic E-state index is 12.3. The summed E-state index contributed by atoms with van der Waals surface area (Å²) in [6.07, 6.45) is -0.930. The first-order valence-electron chi connectivity index (χ1n) is 8.21. The van der Waals surface area contributed by atoms with Crippen molar-refractivity contribution in [2.24, 2.45) is 0 Å². The fourth-order valence-electron chi connectivity index (χ4n) is 2.54. The standard InChI is InChI=1S/C21H19NO4/c1-14(20(23)22-18-8-5-9-19(13-18)25-2)26-21(24)17-11-10-15-6-3-4-7-16(15)12-17/h3-14H,1-2H3,(H,22,23)/t14-/m1/s1. The number of methoxy groups -OCH3 is 1. The quantitative estimate of drug-likeness (QED) is 0.706. The van der Waals surface area contributed by atoms with Crippen LogP contribution in [0, 0.1) is 0 Å². The van der Waals surface area contributed by atoms with Crippen molar-refractivity contribution in [3.63, 3.8) is 0 Å². The van der Waals surface area contributed by atoms with Crippen LogP contribution < -0.4 is 10.1 Å². The molecule has 5 heteroatoms. The van der Waals surface area contributed by atoms with Crippen LogP contribution in [0.1, 0.15) is 17.3 Å². The van der Waals surface area contributed by atoms with Gasteiger partial charge in [-0.1, -0.05) is 36.4 Å². The number of benzene rings is 3. The van der Waals surface area contributed by atoms with Gasteiger partial charge in [-0.2, -0.15) is 0 Å². The molecule has 132 valence electrons. The summed E-state index contributed by atoms with van der Waals surface area (Å²) < 4.78 is 10.4. The number of hydrogen-bond donors (Lipinski definition) is 1. The highest BCUT2D eigenvalue weighted by atomic mass is 16.5. The van der Waals surface area contributed by atoms with E-state index >= 15 is 0 Å². The van der Waals surface area contributed by atoms with Crippen LogP contribution >= 0.6 is 0 Å². The Labute approximate surface area is 151 Å². The topological polar surface area (TPSA) is 64.6 Å². The van der Waals surface area contributed by atoms with Crippen LogP contribution in [0.5, 0.6) is 5.75 Å². The molecule has 0 heterocycles. The molecule has 0 saturated carbocycles. The fraction of sp³-hybridized carbons (Fsp3) is 0.143. The Morgan fingerprint density at radius 1 is 0.923 bits per heavy atom. The SMILES string of the molecule is COc1cccc(NC(=O)[C@@H](C)OC(=O)c2ccc3ccccc3c2)c1. The van der Waals surface area contributed by atoms with Gasteiger partial charge >= 0.3 is 5.97 Å². The normalized spacial score (nSPS) is 11.6. The molecule has 1 atom stereocenters. The summed E-state index contributed by atoms with van der Waals surface area (Å²) in [7, 11) is 1.55. The molecule has 3 aromatic rings. The summed E-state index contributed by atoms with van der Waals surface area (Å²) in [4.78, 5) is 24.6. The van der Waals surface area contributed by atoms with Gasteiger partial charge in [0, 0.05) is 11.8 Å². The molecule has 0 radical (unpaired) electrons. The van der Waals surface area contributed by atoms with E-state index in [0.717, 1.165) is 10.8 Å². The lowest BCUT2D eigenvalue weighted by atomic mass is 10.1. The van der Waals surface area contributed by atoms with E-state index in [9.17, 15) is 9.59 Å². The van der Waals surface area contributed by atoms with Gasteiger partial charge in [0.25, 0.3) is 5.91 Å². The lowest BCUT2D eigenvalue weighted by molar-refractivity contribution is -0.123. The molecule has 0 aliphatic carbocycles. The molecular weight excluding hydrogens is 330 g/mol. The van der Waals surface area contributed by atoms with Crippen LogP contribution in [0.2, 0.25) is 0 Å². The molecule has 0 bridgehead atoms. The van der Waals surface area contributed by atoms with Crippen molar-refractivity contribution in [1.29, 1.82) is 0 Å². The third kappa shape index (κ3) is 4.00. The summed E-state index contributed by atoms with van der Waals surface area (Å²) in [6, 6.07) is 20.0. The predicted molar refractivity (Wildman–Crippen MR) is 100 cm³/mol. The first-order chi connectivity index (χ1) is 12.6. The molecule has 0 aromatic heterocycles. The predicted octanol–water partition coefficient (Wildman–Crippen LogP) is 4.03. The number of amides is 1. The van der Waals surface area contributed by atoms with Crippen molar-refractivity contribution >= 4 is 28.3 Å². The van der Waals surface area contributed by atoms with Gasteiger partial charge < -0.3 is 14.8 Å². The van der Waals surface area contributed by atoms with E-state index in [1.807, 2.05) is 30.3 Å². The van der Waals surface area contributed by atoms with E-state index in [0.29, 0.717) is 17.0 Å². The zero-order valence-electron chi connectivity index (χ0n) is 14.6. The second kappa shape index (κ2) is 7.70. The van der Waals surface area contributed by atoms with Crippen LogP contribution in [0.3, 0.4) is 0 Å². The Morgan fingerprint density at radius 3 is 2.46 bits per heavy atom. The zero-order valence-corrected chi connectivity index (χ0v) is 14.6. The maximum Gasteiger partial charge on any atom is 0.338 e. The monoisotopic (exact) mass is 349 g/mol. The zero-order chi connectivity index (χ0) is 18.5. The van der Waals surface area contributed by atoms with Gasteiger partial charge in [0.05, 0.1) is 12.7 Å². The smallest absolute Gasteiger partial charge is 0.338 e. The van der Waals surface area contributed by atoms with E-state index in [1.165, 1.54) is 6.92 Å². The van der Waals surface area contributed by atoms with Crippen LogP contribution in [0.4, 0.5) is 5.69 Å². The molecule has 5 nitrogen and oxygen atoms in total. The van der Waals surface area contributed by atoms with E-state index in [2.05, 4.69) is 5.32 Å². The van der Waals surface area contributed by atoms with Crippen LogP contribution in [0.15, 0.2) is 66.7 Å². The Bertz CT molecular complexity index is 951. The molecule has 0 fully saturated rings. The molecule has 1 amide bonds. The second-order valence-electron chi connectivity index (χ2n) is 5.83. The van der Waals surface area contributed by atoms with Gasteiger partial charge in [0.1, 0.15) is 5.75 Å². The van der Waals surface area contributed by atoms with Crippen LogP contribution in [0.25, 0.3) is 10.8 Å². The van der Waals surface area contributed by atoms with Crippen molar-refractivity contribution in [3.05, 3.63) is 72.3 Å². The van der Waals surface area contributed by atoms with Crippen molar-refractivity contribution in [1.82, 2.24) is 0 Å². The number of nitrogens with one attached hydrogen (secondary N) is 1. The Morgan fingerprint density at radius 2 is 1.69 bits per heavy atom. The molecule has 0 unspecified atom stereocenters. The van der Waals surface area contributed by atoms with E-state index in [1.54, 1.807) is 43.5 Å². The average Bonchev–Trinajstić information content (AvgIpc) is 2.67. The lowest BCUT2D eigenvalue weighted by Gasteiger charge is -2.14. The minimum Gasteiger partial charge on any atom is -0.497 e. The van der Waals surface area contributed by atoms with Crippen molar-refractivity contribution in [2.75, 3.05) is 12.4 Å². The molecule has 26 heavy (non-hydrogen) atoms. The lowest BCUT2D eigenvalue weighted by Crippen LogP contribution is -2.30. The van der Waals surface area contributed by atoms with Gasteiger partial charge in [-0.05, 0) is 42.0 Å². The highest BCUT2D eigenvalue weighted by Crippen LogP contribution is 2.18. The highest BCUT2D eigenvalue weighted by molar-refractivity contribution is 5.99. The molecule has 3 aromatic carbocycles. The fourth-order valence-corrected chi connectivity index (χ4v) is 2.54. The first-order valence-corrected chi connectivity index (χ1v) is 8.21. The van der Waals surface area contributed by atoms with Gasteiger partial charge in [-0.3, -0.25) is 4.79 Å². The second-order valence-corrected chi connectivity index (χ2v) is 5.83. The van der Waals surface area contributed by atoms with Gasteiger partial charge in [0.2, 0.25) is 0 Å². The summed E-state index contributed by atoms with van der Waals surface area (Å²) in [6.45, 7) is 1.54. The third-order valence-electron chi connectivity index (χ3n) is 3.98. The number of rotatable bonds is 5. The number of carbonyl (C=O) groups excluding carboxylic acids is 2. The molecular formula is C21H19NO4. The van der Waals surface area contributed by atoms with Crippen molar-refractivity contribution < 1.29 is 19.1 Å². The third-order valence-corrected chi connectivity index (χ3v) is 3.98. The summed E-state index contributed by atoms with van der Waals surface area (Å²) in [5.74, 6) is -0.319. The molecule has 3 rings (SSSR count). The molecule has 0 aliphatic rings. The summed E-state index contributed by atoms with van der Waals surface area (Å²) >= 11 is 0.